The minimum Gasteiger partial charge on any atom is -0.464 e. The number of ether oxygens (including phenoxy) is 1. The number of hydrogen-bond donors (Lipinski definition) is 0. The molecule has 0 N–H and O–H groups in total. The highest BCUT2D eigenvalue weighted by molar-refractivity contribution is 6.18. The molecule has 1 heteroatoms. The second-order valence-electron chi connectivity index (χ2n) is 5.45. The lowest BCUT2D eigenvalue weighted by Gasteiger charge is -2.17. The van der Waals surface area contributed by atoms with Crippen molar-refractivity contribution in [3.05, 3.63) is 72.5 Å². The molecule has 0 aliphatic carbocycles. The zero-order valence-corrected chi connectivity index (χ0v) is 11.3. The summed E-state index contributed by atoms with van der Waals surface area (Å²) in [5.74, 6) is 0.944. The number of fused-ring (bicyclic) bond motifs is 4. The molecule has 1 nitrogen and oxygen atoms in total. The predicted molar refractivity (Wildman–Crippen MR) is 88.6 cm³/mol. The molecule has 0 saturated carbocycles. The van der Waals surface area contributed by atoms with Crippen molar-refractivity contribution in [2.45, 2.75) is 0 Å². The van der Waals surface area contributed by atoms with Gasteiger partial charge in [-0.05, 0) is 50.7 Å². The van der Waals surface area contributed by atoms with Gasteiger partial charge in [0.2, 0.25) is 0 Å². The molecule has 0 saturated heterocycles. The first-order chi connectivity index (χ1) is 10.4. The zero-order chi connectivity index (χ0) is 13.8. The van der Waals surface area contributed by atoms with Crippen LogP contribution in [0.4, 0.5) is 0 Å². The molecule has 0 bridgehead atoms. The maximum atomic E-state index is 5.68. The SMILES string of the molecule is C1=Cc2c3c(cccc3cc3ccc4ccccc4c23)O1. The summed E-state index contributed by atoms with van der Waals surface area (Å²) in [5.41, 5.74) is 1.26. The summed E-state index contributed by atoms with van der Waals surface area (Å²) < 4.78 is 5.68. The van der Waals surface area contributed by atoms with Crippen molar-refractivity contribution in [3.63, 3.8) is 0 Å². The van der Waals surface area contributed by atoms with E-state index in [4.69, 9.17) is 4.74 Å². The van der Waals surface area contributed by atoms with Gasteiger partial charge in [-0.15, -0.1) is 0 Å². The van der Waals surface area contributed by atoms with E-state index in [1.54, 1.807) is 6.26 Å². The summed E-state index contributed by atoms with van der Waals surface area (Å²) >= 11 is 0. The number of benzene rings is 4. The largest absolute Gasteiger partial charge is 0.464 e. The van der Waals surface area contributed by atoms with E-state index in [0.717, 1.165) is 5.75 Å². The minimum atomic E-state index is 0.944. The molecule has 21 heavy (non-hydrogen) atoms. The van der Waals surface area contributed by atoms with Crippen molar-refractivity contribution < 1.29 is 4.74 Å². The highest BCUT2D eigenvalue weighted by Gasteiger charge is 2.14. The molecular weight excluding hydrogens is 256 g/mol. The van der Waals surface area contributed by atoms with E-state index in [-0.39, 0.29) is 0 Å². The third kappa shape index (κ3) is 1.40. The van der Waals surface area contributed by atoms with Crippen LogP contribution in [-0.2, 0) is 0 Å². The molecule has 5 rings (SSSR count). The Morgan fingerprint density at radius 1 is 0.667 bits per heavy atom. The van der Waals surface area contributed by atoms with E-state index in [2.05, 4.69) is 54.6 Å². The summed E-state index contributed by atoms with van der Waals surface area (Å²) in [6.07, 6.45) is 3.88. The molecule has 0 atom stereocenters. The van der Waals surface area contributed by atoms with E-state index in [1.807, 2.05) is 12.1 Å². The Bertz CT molecular complexity index is 1060. The number of rotatable bonds is 0. The van der Waals surface area contributed by atoms with Crippen molar-refractivity contribution >= 4 is 38.4 Å². The van der Waals surface area contributed by atoms with Gasteiger partial charge in [0.1, 0.15) is 5.75 Å². The Labute approximate surface area is 122 Å². The standard InChI is InChI=1S/C20H12O/c1-2-6-16-13(4-1)8-9-15-12-14-5-3-7-18-20(14)17(19(15)16)10-11-21-18/h1-12H. The second-order valence-corrected chi connectivity index (χ2v) is 5.45. The lowest BCUT2D eigenvalue weighted by Crippen LogP contribution is -1.94. The monoisotopic (exact) mass is 268 g/mol. The van der Waals surface area contributed by atoms with Gasteiger partial charge >= 0.3 is 0 Å². The molecule has 4 aromatic carbocycles. The first kappa shape index (κ1) is 10.9. The molecule has 0 aromatic heterocycles. The van der Waals surface area contributed by atoms with Gasteiger partial charge in [-0.25, -0.2) is 0 Å². The highest BCUT2D eigenvalue weighted by atomic mass is 16.5. The fraction of sp³-hybridized carbons (Fsp3) is 0. The van der Waals surface area contributed by atoms with Gasteiger partial charge in [0, 0.05) is 5.39 Å². The van der Waals surface area contributed by atoms with Crippen molar-refractivity contribution in [1.82, 2.24) is 0 Å². The third-order valence-electron chi connectivity index (χ3n) is 4.30. The van der Waals surface area contributed by atoms with E-state index >= 15 is 0 Å². The quantitative estimate of drug-likeness (QED) is 0.302. The van der Waals surface area contributed by atoms with Crippen molar-refractivity contribution in [3.8, 4) is 5.75 Å². The van der Waals surface area contributed by atoms with Crippen LogP contribution in [0.2, 0.25) is 0 Å². The molecule has 98 valence electrons. The first-order valence-electron chi connectivity index (χ1n) is 7.12. The second kappa shape index (κ2) is 3.86. The van der Waals surface area contributed by atoms with Crippen LogP contribution in [-0.4, -0.2) is 0 Å². The highest BCUT2D eigenvalue weighted by Crippen LogP contribution is 2.40. The van der Waals surface area contributed by atoms with Crippen LogP contribution in [0.3, 0.4) is 0 Å². The molecule has 1 aliphatic heterocycles. The van der Waals surface area contributed by atoms with Gasteiger partial charge in [-0.3, -0.25) is 0 Å². The van der Waals surface area contributed by atoms with Crippen LogP contribution in [0.5, 0.6) is 5.75 Å². The maximum absolute atomic E-state index is 5.68. The van der Waals surface area contributed by atoms with Crippen LogP contribution < -0.4 is 4.74 Å². The average molecular weight is 268 g/mol. The van der Waals surface area contributed by atoms with E-state index < -0.39 is 0 Å². The minimum absolute atomic E-state index is 0.944. The maximum Gasteiger partial charge on any atom is 0.134 e. The summed E-state index contributed by atoms with van der Waals surface area (Å²) in [5, 5.41) is 7.61. The lowest BCUT2D eigenvalue weighted by molar-refractivity contribution is 0.488. The van der Waals surface area contributed by atoms with Crippen molar-refractivity contribution in [2.24, 2.45) is 0 Å². The van der Waals surface area contributed by atoms with Crippen LogP contribution >= 0.6 is 0 Å². The van der Waals surface area contributed by atoms with Gasteiger partial charge in [-0.2, -0.15) is 0 Å². The van der Waals surface area contributed by atoms with Gasteiger partial charge in [0.05, 0.1) is 6.26 Å². The van der Waals surface area contributed by atoms with Crippen LogP contribution in [0.15, 0.2) is 66.9 Å². The Balaban J connectivity index is 2.14. The third-order valence-corrected chi connectivity index (χ3v) is 4.30. The fourth-order valence-electron chi connectivity index (χ4n) is 3.40. The Hall–Kier alpha value is -2.80. The Morgan fingerprint density at radius 2 is 1.48 bits per heavy atom. The molecule has 1 heterocycles. The van der Waals surface area contributed by atoms with Crippen LogP contribution in [0.25, 0.3) is 38.4 Å². The topological polar surface area (TPSA) is 9.23 Å². The molecule has 1 aliphatic rings. The lowest BCUT2D eigenvalue weighted by atomic mass is 9.92. The Kier molecular flexibility index (Phi) is 2.01. The zero-order valence-electron chi connectivity index (χ0n) is 11.3. The number of hydrogen-bond acceptors (Lipinski definition) is 1. The fourth-order valence-corrected chi connectivity index (χ4v) is 3.40. The van der Waals surface area contributed by atoms with E-state index in [0.29, 0.717) is 0 Å². The van der Waals surface area contributed by atoms with Crippen LogP contribution in [0, 0.1) is 0 Å². The first-order valence-corrected chi connectivity index (χ1v) is 7.12. The van der Waals surface area contributed by atoms with Gasteiger partial charge in [0.25, 0.3) is 0 Å². The molecule has 0 amide bonds. The summed E-state index contributed by atoms with van der Waals surface area (Å²) in [4.78, 5) is 0. The van der Waals surface area contributed by atoms with Gasteiger partial charge in [0.15, 0.2) is 0 Å². The molecular formula is C20H12O. The van der Waals surface area contributed by atoms with Gasteiger partial charge in [-0.1, -0.05) is 48.5 Å². The summed E-state index contributed by atoms with van der Waals surface area (Å²) in [6, 6.07) is 21.5. The summed E-state index contributed by atoms with van der Waals surface area (Å²) in [7, 11) is 0. The van der Waals surface area contributed by atoms with Crippen LogP contribution in [0.1, 0.15) is 5.56 Å². The average Bonchev–Trinajstić information content (AvgIpc) is 2.55. The normalized spacial score (nSPS) is 13.0. The molecule has 0 spiro atoms. The van der Waals surface area contributed by atoms with E-state index in [1.165, 1.54) is 37.9 Å². The molecule has 4 aromatic rings. The van der Waals surface area contributed by atoms with Crippen molar-refractivity contribution in [2.75, 3.05) is 0 Å². The smallest absolute Gasteiger partial charge is 0.134 e. The predicted octanol–water partition coefficient (Wildman–Crippen LogP) is 5.51. The Morgan fingerprint density at radius 3 is 2.48 bits per heavy atom. The van der Waals surface area contributed by atoms with Crippen molar-refractivity contribution in [1.29, 1.82) is 0 Å². The molecule has 0 radical (unpaired) electrons. The molecule has 0 unspecified atom stereocenters. The van der Waals surface area contributed by atoms with E-state index in [9.17, 15) is 0 Å². The van der Waals surface area contributed by atoms with Gasteiger partial charge < -0.3 is 4.74 Å². The molecule has 0 fully saturated rings. The summed E-state index contributed by atoms with van der Waals surface area (Å²) in [6.45, 7) is 0.